The van der Waals surface area contributed by atoms with Crippen molar-refractivity contribution in [2.24, 2.45) is 44.6 Å². The highest BCUT2D eigenvalue weighted by molar-refractivity contribution is 6.08. The van der Waals surface area contributed by atoms with Crippen LogP contribution in [0.4, 0.5) is 10.1 Å². The second-order valence-electron chi connectivity index (χ2n) is 15.1. The van der Waals surface area contributed by atoms with Crippen LogP contribution in [0.1, 0.15) is 61.5 Å². The lowest BCUT2D eigenvalue weighted by Gasteiger charge is -2.31. The van der Waals surface area contributed by atoms with Crippen LogP contribution in [0.3, 0.4) is 0 Å². The quantitative estimate of drug-likeness (QED) is 0.0264. The molecule has 4 rings (SSSR count). The Morgan fingerprint density at radius 3 is 1.94 bits per heavy atom. The molecule has 3 aromatic carbocycles. The molecule has 0 fully saturated rings. The van der Waals surface area contributed by atoms with Crippen LogP contribution in [0.5, 0.6) is 0 Å². The summed E-state index contributed by atoms with van der Waals surface area (Å²) >= 11 is 0. The van der Waals surface area contributed by atoms with Gasteiger partial charge in [0.15, 0.2) is 11.9 Å². The van der Waals surface area contributed by atoms with Crippen LogP contribution in [-0.2, 0) is 36.8 Å². The molecule has 0 saturated heterocycles. The molecule has 13 N–H and O–H groups in total. The summed E-state index contributed by atoms with van der Waals surface area (Å²) in [5.41, 5.74) is 27.1. The van der Waals surface area contributed by atoms with Crippen LogP contribution < -0.4 is 50.2 Å². The molecular formula is C43H52FN11O8. The molecule has 19 nitrogen and oxygen atoms in total. The minimum Gasteiger partial charge on any atom is -0.422 e. The van der Waals surface area contributed by atoms with Crippen molar-refractivity contribution in [3.63, 3.8) is 0 Å². The van der Waals surface area contributed by atoms with Gasteiger partial charge in [-0.25, -0.2) is 14.2 Å². The van der Waals surface area contributed by atoms with E-state index >= 15 is 0 Å². The third kappa shape index (κ3) is 14.2. The molecule has 63 heavy (non-hydrogen) atoms. The van der Waals surface area contributed by atoms with E-state index in [2.05, 4.69) is 25.9 Å². The number of imide groups is 1. The molecular weight excluding hydrogens is 818 g/mol. The van der Waals surface area contributed by atoms with E-state index < -0.39 is 76.6 Å². The standard InChI is InChI=1S/C43H52FN11O8/c1-23(2)19-32(37(58)52-31(36(45)57)8-6-18-50-42(46)47)53-38(59)33(20-25-12-16-29(17-13-25)51-43(48)49)54-39(60)34(21-26-10-14-28(44)15-11-26)55(24(3)56)40(61)30-22-27-7-4-5-9-35(27)63-41(30)62/h4-5,7,9-17,22-23,31-34H,6,8,18-21H2,1-3H3,(H2,45,57)(H,52,58)(H,53,59)(H,54,60)(H4,46,47,50)(H4,48,49,51)/t31-,32-,33-,34-/m0/s1. The smallest absolute Gasteiger partial charge is 0.349 e. The third-order valence-electron chi connectivity index (χ3n) is 9.60. The molecule has 0 spiro atoms. The zero-order chi connectivity index (χ0) is 46.4. The molecule has 0 bridgehead atoms. The number of carbonyl (C=O) groups excluding carboxylic acids is 6. The molecule has 0 unspecified atom stereocenters. The molecule has 0 aliphatic rings. The third-order valence-corrected chi connectivity index (χ3v) is 9.60. The fourth-order valence-corrected chi connectivity index (χ4v) is 6.59. The number of amides is 6. The first-order chi connectivity index (χ1) is 29.8. The molecule has 334 valence electrons. The van der Waals surface area contributed by atoms with Gasteiger partial charge in [0.25, 0.3) is 5.91 Å². The molecule has 4 atom stereocenters. The average molecular weight is 870 g/mol. The summed E-state index contributed by atoms with van der Waals surface area (Å²) < 4.78 is 19.4. The van der Waals surface area contributed by atoms with E-state index in [4.69, 9.17) is 33.1 Å². The predicted molar refractivity (Wildman–Crippen MR) is 233 cm³/mol. The highest BCUT2D eigenvalue weighted by Gasteiger charge is 2.38. The molecule has 20 heteroatoms. The number of fused-ring (bicyclic) bond motifs is 1. The number of primary amides is 1. The van der Waals surface area contributed by atoms with E-state index in [-0.39, 0.29) is 62.1 Å². The van der Waals surface area contributed by atoms with Crippen LogP contribution >= 0.6 is 0 Å². The summed E-state index contributed by atoms with van der Waals surface area (Å²) in [5.74, 6) is -6.70. The van der Waals surface area contributed by atoms with Gasteiger partial charge in [-0.05, 0) is 72.7 Å². The van der Waals surface area contributed by atoms with Gasteiger partial charge in [0.1, 0.15) is 41.1 Å². The lowest BCUT2D eigenvalue weighted by atomic mass is 9.99. The van der Waals surface area contributed by atoms with Gasteiger partial charge in [0.2, 0.25) is 29.5 Å². The van der Waals surface area contributed by atoms with Gasteiger partial charge in [-0.1, -0.05) is 56.3 Å². The van der Waals surface area contributed by atoms with Crippen LogP contribution in [0.25, 0.3) is 11.0 Å². The maximum Gasteiger partial charge on any atom is 0.349 e. The second-order valence-corrected chi connectivity index (χ2v) is 15.1. The van der Waals surface area contributed by atoms with Crippen molar-refractivity contribution in [2.75, 3.05) is 6.54 Å². The van der Waals surface area contributed by atoms with Gasteiger partial charge in [-0.2, -0.15) is 0 Å². The van der Waals surface area contributed by atoms with Crippen molar-refractivity contribution in [1.29, 1.82) is 0 Å². The van der Waals surface area contributed by atoms with Crippen molar-refractivity contribution in [1.82, 2.24) is 20.9 Å². The first-order valence-electron chi connectivity index (χ1n) is 19.9. The Morgan fingerprint density at radius 2 is 1.33 bits per heavy atom. The van der Waals surface area contributed by atoms with Crippen LogP contribution in [-0.4, -0.2) is 83.0 Å². The van der Waals surface area contributed by atoms with Crippen molar-refractivity contribution < 1.29 is 37.6 Å². The predicted octanol–water partition coefficient (Wildman–Crippen LogP) is 0.719. The normalized spacial score (nSPS) is 12.8. The molecule has 0 aliphatic heterocycles. The minimum atomic E-state index is -1.73. The molecule has 1 aromatic heterocycles. The van der Waals surface area contributed by atoms with E-state index in [9.17, 15) is 38.0 Å². The maximum atomic E-state index is 14.6. The number of carbonyl (C=O) groups is 6. The lowest BCUT2D eigenvalue weighted by Crippen LogP contribution is -2.60. The Morgan fingerprint density at radius 1 is 0.746 bits per heavy atom. The van der Waals surface area contributed by atoms with Gasteiger partial charge in [-0.15, -0.1) is 0 Å². The largest absolute Gasteiger partial charge is 0.422 e. The lowest BCUT2D eigenvalue weighted by molar-refractivity contribution is -0.138. The Bertz CT molecular complexity index is 2410. The van der Waals surface area contributed by atoms with Crippen molar-refractivity contribution in [3.05, 3.63) is 112 Å². The van der Waals surface area contributed by atoms with Crippen LogP contribution in [0.2, 0.25) is 0 Å². The first-order valence-corrected chi connectivity index (χ1v) is 19.9. The summed E-state index contributed by atoms with van der Waals surface area (Å²) in [7, 11) is 0. The van der Waals surface area contributed by atoms with Crippen molar-refractivity contribution >= 4 is 64.0 Å². The summed E-state index contributed by atoms with van der Waals surface area (Å²) in [6.07, 6.45) is -0.145. The van der Waals surface area contributed by atoms with Gasteiger partial charge in [-0.3, -0.25) is 38.7 Å². The maximum absolute atomic E-state index is 14.6. The number of aliphatic imine (C=N–C) groups is 2. The van der Waals surface area contributed by atoms with Gasteiger partial charge in [0.05, 0.1) is 5.69 Å². The van der Waals surface area contributed by atoms with Crippen molar-refractivity contribution in [3.8, 4) is 0 Å². The number of halogens is 1. The van der Waals surface area contributed by atoms with Gasteiger partial charge in [0, 0.05) is 31.7 Å². The highest BCUT2D eigenvalue weighted by atomic mass is 19.1. The highest BCUT2D eigenvalue weighted by Crippen LogP contribution is 2.20. The molecule has 0 aliphatic carbocycles. The number of rotatable bonds is 20. The Kier molecular flexibility index (Phi) is 17.0. The topological polar surface area (TPSA) is 327 Å². The monoisotopic (exact) mass is 869 g/mol. The van der Waals surface area contributed by atoms with E-state index in [1.165, 1.54) is 24.3 Å². The number of para-hydroxylation sites is 1. The summed E-state index contributed by atoms with van der Waals surface area (Å²) in [6.45, 7) is 4.78. The van der Waals surface area contributed by atoms with Crippen LogP contribution in [0, 0.1) is 11.7 Å². The van der Waals surface area contributed by atoms with E-state index in [0.29, 0.717) is 27.1 Å². The SMILES string of the molecule is CC(=O)N(C(=O)c1cc2ccccc2oc1=O)[C@@H](Cc1ccc(F)cc1)C(=O)N[C@@H](Cc1ccc(N=C(N)N)cc1)C(=O)N[C@@H](CC(C)C)C(=O)N[C@@H](CCCN=C(N)N)C(N)=O. The summed E-state index contributed by atoms with van der Waals surface area (Å²) in [6, 6.07) is 13.2. The number of hydrogen-bond donors (Lipinski definition) is 8. The summed E-state index contributed by atoms with van der Waals surface area (Å²) in [5, 5.41) is 8.28. The van der Waals surface area contributed by atoms with E-state index in [1.54, 1.807) is 56.3 Å². The zero-order valence-corrected chi connectivity index (χ0v) is 35.0. The number of nitrogens with two attached hydrogens (primary N) is 5. The Hall–Kier alpha value is -7.64. The van der Waals surface area contributed by atoms with Crippen molar-refractivity contribution in [2.45, 2.75) is 77.0 Å². The number of nitrogens with zero attached hydrogens (tertiary/aromatic N) is 3. The fourth-order valence-electron chi connectivity index (χ4n) is 6.59. The first kappa shape index (κ1) is 48.0. The number of nitrogens with one attached hydrogen (secondary N) is 3. The number of benzene rings is 3. The van der Waals surface area contributed by atoms with E-state index in [0.717, 1.165) is 19.1 Å². The Labute approximate surface area is 361 Å². The zero-order valence-electron chi connectivity index (χ0n) is 35.0. The Balaban J connectivity index is 1.74. The number of guanidine groups is 2. The minimum absolute atomic E-state index is 0.0800. The van der Waals surface area contributed by atoms with Crippen LogP contribution in [0.15, 0.2) is 98.1 Å². The summed E-state index contributed by atoms with van der Waals surface area (Å²) in [4.78, 5) is 104. The molecule has 0 saturated carbocycles. The fraction of sp³-hybridized carbons (Fsp3) is 0.326. The van der Waals surface area contributed by atoms with Gasteiger partial charge >= 0.3 is 5.63 Å². The molecule has 4 aromatic rings. The second kappa shape index (κ2) is 22.3. The van der Waals surface area contributed by atoms with E-state index in [1.807, 2.05) is 0 Å². The molecule has 1 heterocycles. The number of hydrogen-bond acceptors (Lipinski definition) is 10. The molecule has 0 radical (unpaired) electrons. The molecule has 6 amide bonds. The average Bonchev–Trinajstić information content (AvgIpc) is 3.21. The van der Waals surface area contributed by atoms with Gasteiger partial charge < -0.3 is 49.0 Å².